The second-order valence-corrected chi connectivity index (χ2v) is 4.62. The van der Waals surface area contributed by atoms with Crippen LogP contribution < -0.4 is 5.32 Å². The molecule has 7 heteroatoms. The lowest BCUT2D eigenvalue weighted by molar-refractivity contribution is -0.139. The summed E-state index contributed by atoms with van der Waals surface area (Å²) < 4.78 is 18.7. The molecule has 1 unspecified atom stereocenters. The van der Waals surface area contributed by atoms with Crippen molar-refractivity contribution < 1.29 is 23.8 Å². The van der Waals surface area contributed by atoms with Gasteiger partial charge in [-0.25, -0.2) is 4.39 Å². The van der Waals surface area contributed by atoms with Crippen molar-refractivity contribution in [2.45, 2.75) is 12.5 Å². The molecular weight excluding hydrogens is 321 g/mol. The first-order valence-electron chi connectivity index (χ1n) is 5.42. The number of halogens is 2. The number of ether oxygens (including phenoxy) is 1. The van der Waals surface area contributed by atoms with E-state index in [9.17, 15) is 14.0 Å². The van der Waals surface area contributed by atoms with Crippen LogP contribution in [0.5, 0.6) is 0 Å². The second kappa shape index (κ2) is 7.20. The first kappa shape index (κ1) is 15.6. The lowest BCUT2D eigenvalue weighted by atomic mass is 10.2. The van der Waals surface area contributed by atoms with Crippen LogP contribution in [0.2, 0.25) is 0 Å². The van der Waals surface area contributed by atoms with Gasteiger partial charge in [0.15, 0.2) is 0 Å². The first-order valence-corrected chi connectivity index (χ1v) is 6.21. The molecule has 0 radical (unpaired) electrons. The number of hydrogen-bond donors (Lipinski definition) is 2. The number of amides is 1. The van der Waals surface area contributed by atoms with Crippen LogP contribution in [0.15, 0.2) is 22.7 Å². The van der Waals surface area contributed by atoms with Crippen molar-refractivity contribution in [1.82, 2.24) is 5.32 Å². The minimum Gasteiger partial charge on any atom is -0.481 e. The van der Waals surface area contributed by atoms with Crippen LogP contribution >= 0.6 is 15.9 Å². The maximum Gasteiger partial charge on any atom is 0.306 e. The summed E-state index contributed by atoms with van der Waals surface area (Å²) in [6.07, 6.45) is -0.894. The molecule has 0 saturated heterocycles. The lowest BCUT2D eigenvalue weighted by Gasteiger charge is -2.14. The Balaban J connectivity index is 2.64. The van der Waals surface area contributed by atoms with Gasteiger partial charge in [-0.3, -0.25) is 9.59 Å². The third-order valence-electron chi connectivity index (χ3n) is 2.42. The van der Waals surface area contributed by atoms with E-state index in [2.05, 4.69) is 21.2 Å². The van der Waals surface area contributed by atoms with Crippen LogP contribution in [-0.4, -0.2) is 36.7 Å². The topological polar surface area (TPSA) is 75.6 Å². The Labute approximate surface area is 117 Å². The molecule has 0 aliphatic carbocycles. The zero-order chi connectivity index (χ0) is 14.4. The van der Waals surface area contributed by atoms with Gasteiger partial charge in [-0.05, 0) is 28.1 Å². The molecule has 1 aromatic carbocycles. The molecular formula is C12H13BrFNO4. The molecule has 1 aromatic rings. The molecule has 0 aliphatic heterocycles. The molecule has 0 bridgehead atoms. The molecule has 0 saturated carbocycles. The van der Waals surface area contributed by atoms with Gasteiger partial charge in [0.2, 0.25) is 0 Å². The minimum atomic E-state index is -1.03. The van der Waals surface area contributed by atoms with Gasteiger partial charge in [-0.15, -0.1) is 0 Å². The van der Waals surface area contributed by atoms with Crippen molar-refractivity contribution in [3.63, 3.8) is 0 Å². The number of carboxylic acids is 1. The molecule has 0 aromatic heterocycles. The smallest absolute Gasteiger partial charge is 0.306 e. The highest BCUT2D eigenvalue weighted by atomic mass is 79.9. The summed E-state index contributed by atoms with van der Waals surface area (Å²) >= 11 is 2.98. The molecule has 2 N–H and O–H groups in total. The summed E-state index contributed by atoms with van der Waals surface area (Å²) in [5.41, 5.74) is -0.112. The van der Waals surface area contributed by atoms with Crippen LogP contribution in [0, 0.1) is 5.82 Å². The maximum absolute atomic E-state index is 13.6. The first-order chi connectivity index (χ1) is 8.95. The van der Waals surface area contributed by atoms with Crippen molar-refractivity contribution in [3.8, 4) is 0 Å². The summed E-state index contributed by atoms with van der Waals surface area (Å²) in [6, 6.07) is 4.36. The van der Waals surface area contributed by atoms with E-state index in [0.717, 1.165) is 0 Å². The van der Waals surface area contributed by atoms with E-state index in [1.54, 1.807) is 0 Å². The van der Waals surface area contributed by atoms with E-state index in [-0.39, 0.29) is 23.0 Å². The predicted octanol–water partition coefficient (Wildman–Crippen LogP) is 1.81. The van der Waals surface area contributed by atoms with Crippen molar-refractivity contribution in [3.05, 3.63) is 34.1 Å². The Morgan fingerprint density at radius 1 is 1.53 bits per heavy atom. The second-order valence-electron chi connectivity index (χ2n) is 3.77. The molecule has 0 fully saturated rings. The number of methoxy groups -OCH3 is 1. The zero-order valence-corrected chi connectivity index (χ0v) is 11.7. The lowest BCUT2D eigenvalue weighted by Crippen LogP contribution is -2.34. The van der Waals surface area contributed by atoms with Gasteiger partial charge < -0.3 is 15.2 Å². The maximum atomic E-state index is 13.6. The Morgan fingerprint density at radius 2 is 2.21 bits per heavy atom. The minimum absolute atomic E-state index is 0.00636. The fourth-order valence-electron chi connectivity index (χ4n) is 1.41. The fraction of sp³-hybridized carbons (Fsp3) is 0.333. The van der Waals surface area contributed by atoms with E-state index >= 15 is 0 Å². The van der Waals surface area contributed by atoms with E-state index in [4.69, 9.17) is 9.84 Å². The zero-order valence-electron chi connectivity index (χ0n) is 10.2. The third-order valence-corrected chi connectivity index (χ3v) is 3.03. The number of carboxylic acid groups (broad SMARTS) is 1. The van der Waals surface area contributed by atoms with Crippen LogP contribution in [0.1, 0.15) is 16.8 Å². The van der Waals surface area contributed by atoms with Gasteiger partial charge in [-0.2, -0.15) is 0 Å². The molecule has 1 atom stereocenters. The molecule has 104 valence electrons. The number of carbonyl (C=O) groups excluding carboxylic acids is 1. The Bertz CT molecular complexity index is 481. The molecule has 1 rings (SSSR count). The third kappa shape index (κ3) is 4.60. The van der Waals surface area contributed by atoms with Gasteiger partial charge in [-0.1, -0.05) is 6.07 Å². The number of hydrogen-bond acceptors (Lipinski definition) is 3. The summed E-state index contributed by atoms with van der Waals surface area (Å²) in [5, 5.41) is 11.1. The van der Waals surface area contributed by atoms with Crippen molar-refractivity contribution in [2.75, 3.05) is 13.7 Å². The van der Waals surface area contributed by atoms with Gasteiger partial charge >= 0.3 is 5.97 Å². The van der Waals surface area contributed by atoms with Crippen molar-refractivity contribution in [1.29, 1.82) is 0 Å². The number of benzene rings is 1. The van der Waals surface area contributed by atoms with Crippen molar-refractivity contribution >= 4 is 27.8 Å². The van der Waals surface area contributed by atoms with Gasteiger partial charge in [0.05, 0.1) is 22.6 Å². The van der Waals surface area contributed by atoms with Gasteiger partial charge in [0.25, 0.3) is 5.91 Å². The Morgan fingerprint density at radius 3 is 2.79 bits per heavy atom. The Kier molecular flexibility index (Phi) is 5.91. The molecule has 1 amide bonds. The van der Waals surface area contributed by atoms with E-state index in [0.29, 0.717) is 0 Å². The van der Waals surface area contributed by atoms with E-state index in [1.807, 2.05) is 0 Å². The molecule has 5 nitrogen and oxygen atoms in total. The number of rotatable bonds is 6. The highest BCUT2D eigenvalue weighted by Crippen LogP contribution is 2.18. The standard InChI is InChI=1S/C12H13BrFNO4/c1-19-7(5-10(16)17)6-15-12(18)8-3-2-4-9(13)11(8)14/h2-4,7H,5-6H2,1H3,(H,15,18)(H,16,17). The SMILES string of the molecule is COC(CNC(=O)c1cccc(Br)c1F)CC(=O)O. The highest BCUT2D eigenvalue weighted by molar-refractivity contribution is 9.10. The molecule has 0 spiro atoms. The quantitative estimate of drug-likeness (QED) is 0.832. The van der Waals surface area contributed by atoms with Gasteiger partial charge in [0.1, 0.15) is 5.82 Å². The monoisotopic (exact) mass is 333 g/mol. The van der Waals surface area contributed by atoms with Crippen molar-refractivity contribution in [2.24, 2.45) is 0 Å². The summed E-state index contributed by atoms with van der Waals surface area (Å²) in [5.74, 6) is -2.31. The fourth-order valence-corrected chi connectivity index (χ4v) is 1.78. The van der Waals surface area contributed by atoms with E-state index in [1.165, 1.54) is 25.3 Å². The van der Waals surface area contributed by atoms with E-state index < -0.39 is 23.8 Å². The molecule has 0 heterocycles. The summed E-state index contributed by atoms with van der Waals surface area (Å²) in [4.78, 5) is 22.3. The predicted molar refractivity (Wildman–Crippen MR) is 69.5 cm³/mol. The number of carbonyl (C=O) groups is 2. The number of aliphatic carboxylic acids is 1. The normalized spacial score (nSPS) is 11.9. The van der Waals surface area contributed by atoms with Crippen LogP contribution in [0.3, 0.4) is 0 Å². The van der Waals surface area contributed by atoms with Crippen LogP contribution in [-0.2, 0) is 9.53 Å². The van der Waals surface area contributed by atoms with Gasteiger partial charge in [0, 0.05) is 13.7 Å². The summed E-state index contributed by atoms with van der Waals surface area (Å²) in [7, 11) is 1.35. The average molecular weight is 334 g/mol. The van der Waals surface area contributed by atoms with Crippen LogP contribution in [0.25, 0.3) is 0 Å². The molecule has 19 heavy (non-hydrogen) atoms. The highest BCUT2D eigenvalue weighted by Gasteiger charge is 2.17. The average Bonchev–Trinajstić information content (AvgIpc) is 2.37. The van der Waals surface area contributed by atoms with Crippen LogP contribution in [0.4, 0.5) is 4.39 Å². The Hall–Kier alpha value is -1.47. The molecule has 0 aliphatic rings. The summed E-state index contributed by atoms with van der Waals surface area (Å²) in [6.45, 7) is -0.00636. The largest absolute Gasteiger partial charge is 0.481 e. The number of nitrogens with one attached hydrogen (secondary N) is 1.